The predicted octanol–water partition coefficient (Wildman–Crippen LogP) is 4.52. The van der Waals surface area contributed by atoms with Gasteiger partial charge in [0.15, 0.2) is 21.2 Å². The SMILES string of the molecule is COC(=O)N1C(=O)C2CC=C3C(CC4(Cl)C(=O)N(c5ccc(F)cc5)C(=O)C4(Cl)C3c3cc(Cl)c(O)c(OC)c3)C2C1=O. The number of benzene rings is 2. The molecule has 4 aliphatic rings. The van der Waals surface area contributed by atoms with Crippen molar-refractivity contribution in [1.29, 1.82) is 0 Å². The number of hydrogen-bond acceptors (Lipinski definition) is 8. The van der Waals surface area contributed by atoms with Crippen LogP contribution in [0.2, 0.25) is 5.02 Å². The Balaban J connectivity index is 1.58. The molecule has 0 aromatic heterocycles. The topological polar surface area (TPSA) is 131 Å². The highest BCUT2D eigenvalue weighted by atomic mass is 35.5. The number of halogens is 4. The Morgan fingerprint density at radius 1 is 1.02 bits per heavy atom. The minimum absolute atomic E-state index is 0.0140. The van der Waals surface area contributed by atoms with Gasteiger partial charge in [0.2, 0.25) is 11.8 Å². The van der Waals surface area contributed by atoms with Crippen molar-refractivity contribution in [3.63, 3.8) is 0 Å². The third kappa shape index (κ3) is 3.80. The first-order chi connectivity index (χ1) is 20.3. The van der Waals surface area contributed by atoms with Crippen LogP contribution in [0.5, 0.6) is 11.5 Å². The van der Waals surface area contributed by atoms with Crippen molar-refractivity contribution >= 4 is 70.2 Å². The molecule has 2 aromatic carbocycles. The van der Waals surface area contributed by atoms with Gasteiger partial charge in [0.25, 0.3) is 11.8 Å². The van der Waals surface area contributed by atoms with Gasteiger partial charge in [-0.05, 0) is 60.7 Å². The molecule has 2 aliphatic carbocycles. The maximum Gasteiger partial charge on any atom is 0.423 e. The lowest BCUT2D eigenvalue weighted by Gasteiger charge is -2.50. The number of methoxy groups -OCH3 is 2. The molecule has 43 heavy (non-hydrogen) atoms. The van der Waals surface area contributed by atoms with E-state index in [1.165, 1.54) is 31.4 Å². The molecule has 0 spiro atoms. The maximum atomic E-state index is 14.3. The lowest BCUT2D eigenvalue weighted by atomic mass is 9.56. The summed E-state index contributed by atoms with van der Waals surface area (Å²) in [6.07, 6.45) is 0.186. The minimum atomic E-state index is -2.21. The summed E-state index contributed by atoms with van der Waals surface area (Å²) in [4.78, 5) is 64.5. The fourth-order valence-electron chi connectivity index (χ4n) is 6.96. The second kappa shape index (κ2) is 9.93. The van der Waals surface area contributed by atoms with Gasteiger partial charge < -0.3 is 14.6 Å². The van der Waals surface area contributed by atoms with E-state index in [-0.39, 0.29) is 40.6 Å². The van der Waals surface area contributed by atoms with Gasteiger partial charge in [0.1, 0.15) is 5.82 Å². The summed E-state index contributed by atoms with van der Waals surface area (Å²) >= 11 is 20.8. The molecule has 2 aromatic rings. The quantitative estimate of drug-likeness (QED) is 0.291. The molecule has 2 aliphatic heterocycles. The summed E-state index contributed by atoms with van der Waals surface area (Å²) in [5.41, 5.74) is 0.675. The number of ether oxygens (including phenoxy) is 2. The maximum absolute atomic E-state index is 14.3. The number of amides is 5. The number of imide groups is 4. The molecule has 224 valence electrons. The molecule has 6 unspecified atom stereocenters. The number of aromatic hydroxyl groups is 1. The number of nitrogens with zero attached hydrogens (tertiary/aromatic N) is 2. The van der Waals surface area contributed by atoms with Crippen molar-refractivity contribution in [3.05, 3.63) is 64.5 Å². The van der Waals surface area contributed by atoms with E-state index in [1.807, 2.05) is 0 Å². The number of rotatable bonds is 3. The van der Waals surface area contributed by atoms with E-state index in [2.05, 4.69) is 4.74 Å². The first kappa shape index (κ1) is 29.4. The summed E-state index contributed by atoms with van der Waals surface area (Å²) < 4.78 is 23.7. The molecular weight excluding hydrogens is 630 g/mol. The molecule has 0 radical (unpaired) electrons. The number of allylic oxidation sites excluding steroid dienone is 2. The number of phenolic OH excluding ortho intramolecular Hbond substituents is 1. The Morgan fingerprint density at radius 3 is 2.33 bits per heavy atom. The van der Waals surface area contributed by atoms with E-state index in [1.54, 1.807) is 6.08 Å². The van der Waals surface area contributed by atoms with E-state index in [0.717, 1.165) is 24.1 Å². The van der Waals surface area contributed by atoms with Gasteiger partial charge in [0, 0.05) is 5.92 Å². The normalized spacial score (nSPS) is 31.4. The van der Waals surface area contributed by atoms with Crippen LogP contribution in [-0.2, 0) is 23.9 Å². The van der Waals surface area contributed by atoms with Gasteiger partial charge in [-0.2, -0.15) is 4.90 Å². The number of likely N-dealkylation sites (tertiary alicyclic amines) is 1. The highest BCUT2D eigenvalue weighted by molar-refractivity contribution is 6.58. The molecule has 14 heteroatoms. The number of alkyl halides is 2. The van der Waals surface area contributed by atoms with Crippen LogP contribution in [0.1, 0.15) is 24.3 Å². The van der Waals surface area contributed by atoms with E-state index >= 15 is 0 Å². The van der Waals surface area contributed by atoms with Gasteiger partial charge in [-0.1, -0.05) is 23.3 Å². The van der Waals surface area contributed by atoms with Gasteiger partial charge in [-0.15, -0.1) is 23.2 Å². The van der Waals surface area contributed by atoms with Crippen LogP contribution in [0.15, 0.2) is 48.0 Å². The van der Waals surface area contributed by atoms with Crippen LogP contribution in [0.3, 0.4) is 0 Å². The van der Waals surface area contributed by atoms with Gasteiger partial charge >= 0.3 is 6.09 Å². The van der Waals surface area contributed by atoms with Gasteiger partial charge in [-0.25, -0.2) is 14.1 Å². The fourth-order valence-corrected chi connectivity index (χ4v) is 8.11. The Morgan fingerprint density at radius 2 is 1.70 bits per heavy atom. The molecule has 1 N–H and O–H groups in total. The van der Waals surface area contributed by atoms with Crippen molar-refractivity contribution in [3.8, 4) is 11.5 Å². The largest absolute Gasteiger partial charge is 0.503 e. The summed E-state index contributed by atoms with van der Waals surface area (Å²) in [7, 11) is 2.33. The lowest BCUT2D eigenvalue weighted by Crippen LogP contribution is -2.60. The molecule has 1 saturated carbocycles. The molecule has 3 fully saturated rings. The lowest BCUT2D eigenvalue weighted by molar-refractivity contribution is -0.138. The van der Waals surface area contributed by atoms with Crippen molar-refractivity contribution in [1.82, 2.24) is 4.90 Å². The second-order valence-electron chi connectivity index (χ2n) is 10.8. The number of anilines is 1. The molecule has 6 atom stereocenters. The molecule has 2 heterocycles. The number of phenols is 1. The van der Waals surface area contributed by atoms with Crippen molar-refractivity contribution in [2.75, 3.05) is 19.1 Å². The van der Waals surface area contributed by atoms with E-state index in [4.69, 9.17) is 39.5 Å². The number of fused-ring (bicyclic) bond motifs is 4. The van der Waals surface area contributed by atoms with Crippen LogP contribution in [0.4, 0.5) is 14.9 Å². The summed E-state index contributed by atoms with van der Waals surface area (Å²) in [6, 6.07) is 7.34. The monoisotopic (exact) mass is 650 g/mol. The third-order valence-electron chi connectivity index (χ3n) is 8.86. The zero-order valence-electron chi connectivity index (χ0n) is 22.5. The zero-order chi connectivity index (χ0) is 31.2. The predicted molar refractivity (Wildman–Crippen MR) is 151 cm³/mol. The van der Waals surface area contributed by atoms with Crippen LogP contribution in [0, 0.1) is 23.6 Å². The molecular formula is C29H22Cl3FN2O8. The fraction of sp³-hybridized carbons (Fsp3) is 0.345. The second-order valence-corrected chi connectivity index (χ2v) is 12.4. The average Bonchev–Trinajstić information content (AvgIpc) is 3.32. The van der Waals surface area contributed by atoms with Crippen LogP contribution < -0.4 is 9.64 Å². The van der Waals surface area contributed by atoms with E-state index in [9.17, 15) is 33.5 Å². The molecule has 6 rings (SSSR count). The molecule has 2 saturated heterocycles. The van der Waals surface area contributed by atoms with Crippen LogP contribution in [-0.4, -0.2) is 63.7 Å². The first-order valence-corrected chi connectivity index (χ1v) is 14.2. The number of carbonyl (C=O) groups excluding carboxylic acids is 5. The van der Waals surface area contributed by atoms with E-state index < -0.39 is 69.0 Å². The standard InChI is InChI=1S/C29H22Cl3FN2O8/c1-42-19-10-12(9-18(30)22(19)36)21-15-7-8-16-20(24(38)35(23(16)37)27(41)43-2)17(15)11-28(31)25(39)34(26(40)29(21,28)32)14-5-3-13(33)4-6-14/h3-7,9-10,16-17,20-21,36H,8,11H2,1-2H3. The number of carbonyl (C=O) groups is 5. The molecule has 10 nitrogen and oxygen atoms in total. The molecule has 5 amide bonds. The van der Waals surface area contributed by atoms with Crippen molar-refractivity contribution in [2.45, 2.75) is 28.5 Å². The van der Waals surface area contributed by atoms with Crippen LogP contribution in [0.25, 0.3) is 0 Å². The zero-order valence-corrected chi connectivity index (χ0v) is 24.7. The highest BCUT2D eigenvalue weighted by Crippen LogP contribution is 2.66. The third-order valence-corrected chi connectivity index (χ3v) is 10.6. The summed E-state index contributed by atoms with van der Waals surface area (Å²) in [5, 5.41) is 10.3. The summed E-state index contributed by atoms with van der Waals surface area (Å²) in [6.45, 7) is 0. The smallest absolute Gasteiger partial charge is 0.423 e. The van der Waals surface area contributed by atoms with E-state index in [0.29, 0.717) is 10.5 Å². The average molecular weight is 652 g/mol. The highest BCUT2D eigenvalue weighted by Gasteiger charge is 2.76. The Bertz CT molecular complexity index is 1670. The Kier molecular flexibility index (Phi) is 6.79. The van der Waals surface area contributed by atoms with Gasteiger partial charge in [0.05, 0.1) is 36.8 Å². The van der Waals surface area contributed by atoms with Crippen molar-refractivity contribution < 1.29 is 42.9 Å². The minimum Gasteiger partial charge on any atom is -0.503 e. The Labute approximate surface area is 258 Å². The molecule has 0 bridgehead atoms. The first-order valence-electron chi connectivity index (χ1n) is 13.1. The summed E-state index contributed by atoms with van der Waals surface area (Å²) in [5.74, 6) is -8.68. The van der Waals surface area contributed by atoms with Crippen LogP contribution >= 0.6 is 34.8 Å². The number of hydrogen-bond donors (Lipinski definition) is 1. The van der Waals surface area contributed by atoms with Crippen molar-refractivity contribution in [2.24, 2.45) is 17.8 Å². The Hall–Kier alpha value is -3.67. The van der Waals surface area contributed by atoms with Gasteiger partial charge in [-0.3, -0.25) is 19.2 Å².